The first-order valence-corrected chi connectivity index (χ1v) is 9.63. The molecule has 8 nitrogen and oxygen atoms in total. The van der Waals surface area contributed by atoms with E-state index in [-0.39, 0.29) is 31.7 Å². The summed E-state index contributed by atoms with van der Waals surface area (Å²) in [5.41, 5.74) is 13.3. The van der Waals surface area contributed by atoms with Gasteiger partial charge in [0.05, 0.1) is 6.54 Å². The van der Waals surface area contributed by atoms with Crippen LogP contribution in [0.5, 0.6) is 0 Å². The lowest BCUT2D eigenvalue weighted by atomic mass is 10.0. The van der Waals surface area contributed by atoms with Gasteiger partial charge in [-0.2, -0.15) is 0 Å². The predicted octanol–water partition coefficient (Wildman–Crippen LogP) is 0.638. The molecule has 6 N–H and O–H groups in total. The molecule has 0 aliphatic carbocycles. The number of hydrogen-bond donors (Lipinski definition) is 4. The highest BCUT2D eigenvalue weighted by molar-refractivity contribution is 5.90. The van der Waals surface area contributed by atoms with Crippen molar-refractivity contribution in [3.05, 3.63) is 60.2 Å². The first-order valence-electron chi connectivity index (χ1n) is 9.63. The summed E-state index contributed by atoms with van der Waals surface area (Å²) in [6.45, 7) is -0.352. The fourth-order valence-corrected chi connectivity index (χ4v) is 2.87. The summed E-state index contributed by atoms with van der Waals surface area (Å²) in [4.78, 5) is 46.3. The van der Waals surface area contributed by atoms with Gasteiger partial charge in [0.25, 0.3) is 0 Å². The number of nitrogens with one attached hydrogen (secondary N) is 2. The number of hydrogen-bond acceptors (Lipinski definition) is 4. The van der Waals surface area contributed by atoms with E-state index in [9.17, 15) is 19.2 Å². The Bertz CT molecular complexity index is 882. The largest absolute Gasteiger partial charge is 0.370 e. The lowest BCUT2D eigenvalue weighted by molar-refractivity contribution is -0.130. The Morgan fingerprint density at radius 3 is 2.03 bits per heavy atom. The quantitative estimate of drug-likeness (QED) is 0.431. The summed E-state index contributed by atoms with van der Waals surface area (Å²) in [5.74, 6) is -2.22. The maximum absolute atomic E-state index is 12.3. The van der Waals surface area contributed by atoms with E-state index in [2.05, 4.69) is 10.6 Å². The van der Waals surface area contributed by atoms with Gasteiger partial charge in [-0.15, -0.1) is 0 Å². The smallest absolute Gasteiger partial charge is 0.243 e. The molecule has 2 aromatic carbocycles. The van der Waals surface area contributed by atoms with E-state index < -0.39 is 23.8 Å². The van der Waals surface area contributed by atoms with Crippen molar-refractivity contribution < 1.29 is 19.2 Å². The van der Waals surface area contributed by atoms with Crippen LogP contribution in [0.3, 0.4) is 0 Å². The van der Waals surface area contributed by atoms with Crippen LogP contribution in [0.2, 0.25) is 0 Å². The van der Waals surface area contributed by atoms with Crippen LogP contribution in [0.25, 0.3) is 11.1 Å². The summed E-state index contributed by atoms with van der Waals surface area (Å²) in [6, 6.07) is 16.9. The van der Waals surface area contributed by atoms with Gasteiger partial charge < -0.3 is 22.1 Å². The number of rotatable bonds is 11. The van der Waals surface area contributed by atoms with Crippen LogP contribution in [-0.2, 0) is 25.6 Å². The van der Waals surface area contributed by atoms with Crippen molar-refractivity contribution in [2.24, 2.45) is 11.5 Å². The molecular formula is C22H26N4O4. The first kappa shape index (κ1) is 22.6. The van der Waals surface area contributed by atoms with Gasteiger partial charge in [-0.1, -0.05) is 54.6 Å². The molecule has 158 valence electrons. The SMILES string of the molecule is NC(=O)CC[C@H](NC(=O)CCc1ccc(-c2ccccc2)cc1)C(=O)NCC(N)=O. The van der Waals surface area contributed by atoms with Crippen LogP contribution in [0, 0.1) is 0 Å². The highest BCUT2D eigenvalue weighted by Crippen LogP contribution is 2.19. The first-order chi connectivity index (χ1) is 14.3. The van der Waals surface area contributed by atoms with Gasteiger partial charge in [0.1, 0.15) is 6.04 Å². The number of carbonyl (C=O) groups excluding carboxylic acids is 4. The van der Waals surface area contributed by atoms with Crippen LogP contribution < -0.4 is 22.1 Å². The average Bonchev–Trinajstić information content (AvgIpc) is 2.74. The van der Waals surface area contributed by atoms with Gasteiger partial charge in [0, 0.05) is 12.8 Å². The second-order valence-electron chi connectivity index (χ2n) is 6.87. The standard InChI is InChI=1S/C22H26N4O4/c23-19(27)12-11-18(22(30)25-14-20(24)28)26-21(29)13-8-15-6-9-17(10-7-15)16-4-2-1-3-5-16/h1-7,9-10,18H,8,11-14H2,(H2,23,27)(H2,24,28)(H,25,30)(H,26,29)/t18-/m0/s1. The molecule has 0 saturated carbocycles. The molecule has 0 aromatic heterocycles. The third-order valence-electron chi connectivity index (χ3n) is 4.47. The predicted molar refractivity (Wildman–Crippen MR) is 113 cm³/mol. The van der Waals surface area contributed by atoms with Crippen molar-refractivity contribution >= 4 is 23.6 Å². The van der Waals surface area contributed by atoms with Crippen LogP contribution in [0.15, 0.2) is 54.6 Å². The Morgan fingerprint density at radius 1 is 0.800 bits per heavy atom. The van der Waals surface area contributed by atoms with E-state index in [0.29, 0.717) is 6.42 Å². The van der Waals surface area contributed by atoms with Crippen LogP contribution >= 0.6 is 0 Å². The Balaban J connectivity index is 1.90. The van der Waals surface area contributed by atoms with E-state index in [4.69, 9.17) is 11.5 Å². The summed E-state index contributed by atoms with van der Waals surface area (Å²) in [7, 11) is 0. The second-order valence-corrected chi connectivity index (χ2v) is 6.87. The van der Waals surface area contributed by atoms with Crippen molar-refractivity contribution in [3.8, 4) is 11.1 Å². The monoisotopic (exact) mass is 410 g/mol. The highest BCUT2D eigenvalue weighted by Gasteiger charge is 2.21. The zero-order valence-corrected chi connectivity index (χ0v) is 16.6. The Hall–Kier alpha value is -3.68. The minimum absolute atomic E-state index is 0.0391. The molecule has 0 aliphatic heterocycles. The maximum atomic E-state index is 12.3. The van der Waals surface area contributed by atoms with E-state index in [1.165, 1.54) is 0 Å². The maximum Gasteiger partial charge on any atom is 0.243 e. The molecule has 0 radical (unpaired) electrons. The minimum Gasteiger partial charge on any atom is -0.370 e. The van der Waals surface area contributed by atoms with Gasteiger partial charge >= 0.3 is 0 Å². The highest BCUT2D eigenvalue weighted by atomic mass is 16.2. The van der Waals surface area contributed by atoms with E-state index in [0.717, 1.165) is 16.7 Å². The second kappa shape index (κ2) is 11.4. The van der Waals surface area contributed by atoms with Crippen molar-refractivity contribution in [1.29, 1.82) is 0 Å². The molecule has 30 heavy (non-hydrogen) atoms. The Kier molecular flexibility index (Phi) is 8.56. The van der Waals surface area contributed by atoms with Crippen LogP contribution in [0.1, 0.15) is 24.8 Å². The van der Waals surface area contributed by atoms with Gasteiger partial charge in [0.2, 0.25) is 23.6 Å². The zero-order valence-electron chi connectivity index (χ0n) is 16.6. The molecule has 0 bridgehead atoms. The van der Waals surface area contributed by atoms with Gasteiger partial charge in [0.15, 0.2) is 0 Å². The van der Waals surface area contributed by atoms with Crippen molar-refractivity contribution in [1.82, 2.24) is 10.6 Å². The van der Waals surface area contributed by atoms with E-state index in [1.807, 2.05) is 54.6 Å². The zero-order chi connectivity index (χ0) is 21.9. The third-order valence-corrected chi connectivity index (χ3v) is 4.47. The van der Waals surface area contributed by atoms with Gasteiger partial charge in [-0.3, -0.25) is 19.2 Å². The Morgan fingerprint density at radius 2 is 1.43 bits per heavy atom. The fourth-order valence-electron chi connectivity index (χ4n) is 2.87. The van der Waals surface area contributed by atoms with Gasteiger partial charge in [-0.25, -0.2) is 0 Å². The fraction of sp³-hybridized carbons (Fsp3) is 0.273. The number of primary amides is 2. The summed E-state index contributed by atoms with van der Waals surface area (Å²) < 4.78 is 0. The Labute approximate surface area is 175 Å². The lowest BCUT2D eigenvalue weighted by Crippen LogP contribution is -2.48. The van der Waals surface area contributed by atoms with Gasteiger partial charge in [-0.05, 0) is 29.5 Å². The molecule has 0 spiro atoms. The van der Waals surface area contributed by atoms with Crippen LogP contribution in [-0.4, -0.2) is 36.2 Å². The number of amides is 4. The molecule has 8 heteroatoms. The summed E-state index contributed by atoms with van der Waals surface area (Å²) in [6.07, 6.45) is 0.626. The van der Waals surface area contributed by atoms with Crippen LogP contribution in [0.4, 0.5) is 0 Å². The molecule has 0 heterocycles. The number of nitrogens with two attached hydrogens (primary N) is 2. The third kappa shape index (κ3) is 7.75. The van der Waals surface area contributed by atoms with Crippen molar-refractivity contribution in [2.45, 2.75) is 31.7 Å². The molecular weight excluding hydrogens is 384 g/mol. The summed E-state index contributed by atoms with van der Waals surface area (Å²) >= 11 is 0. The average molecular weight is 410 g/mol. The molecule has 2 aromatic rings. The molecule has 0 unspecified atom stereocenters. The molecule has 0 aliphatic rings. The molecule has 2 rings (SSSR count). The van der Waals surface area contributed by atoms with E-state index >= 15 is 0 Å². The molecule has 0 fully saturated rings. The normalized spacial score (nSPS) is 11.3. The molecule has 0 saturated heterocycles. The van der Waals surface area contributed by atoms with Crippen molar-refractivity contribution in [2.75, 3.05) is 6.54 Å². The number of aryl methyl sites for hydroxylation is 1. The number of carbonyl (C=O) groups is 4. The van der Waals surface area contributed by atoms with Crippen molar-refractivity contribution in [3.63, 3.8) is 0 Å². The minimum atomic E-state index is -0.968. The number of benzene rings is 2. The molecule has 4 amide bonds. The van der Waals surface area contributed by atoms with E-state index in [1.54, 1.807) is 0 Å². The summed E-state index contributed by atoms with van der Waals surface area (Å²) in [5, 5.41) is 4.92. The lowest BCUT2D eigenvalue weighted by Gasteiger charge is -2.17. The topological polar surface area (TPSA) is 144 Å². The molecule has 1 atom stereocenters.